The van der Waals surface area contributed by atoms with Crippen molar-refractivity contribution in [2.45, 2.75) is 20.3 Å². The van der Waals surface area contributed by atoms with Gasteiger partial charge in [0.15, 0.2) is 5.82 Å². The summed E-state index contributed by atoms with van der Waals surface area (Å²) in [5, 5.41) is 4.46. The van der Waals surface area contributed by atoms with E-state index in [4.69, 9.17) is 0 Å². The van der Waals surface area contributed by atoms with E-state index < -0.39 is 0 Å². The first kappa shape index (κ1) is 19.6. The van der Waals surface area contributed by atoms with Gasteiger partial charge in [-0.25, -0.2) is 9.67 Å². The molecule has 0 aliphatic heterocycles. The summed E-state index contributed by atoms with van der Waals surface area (Å²) in [5.41, 5.74) is 4.57. The van der Waals surface area contributed by atoms with Gasteiger partial charge >= 0.3 is 0 Å². The second-order valence-corrected chi connectivity index (χ2v) is 7.27. The van der Waals surface area contributed by atoms with Gasteiger partial charge in [-0.3, -0.25) is 4.79 Å². The number of aromatic nitrogens is 3. The predicted molar refractivity (Wildman–Crippen MR) is 119 cm³/mol. The fourth-order valence-electron chi connectivity index (χ4n) is 3.50. The Morgan fingerprint density at radius 2 is 1.63 bits per heavy atom. The van der Waals surface area contributed by atoms with Crippen molar-refractivity contribution in [1.82, 2.24) is 14.8 Å². The van der Waals surface area contributed by atoms with E-state index in [1.54, 1.807) is 10.9 Å². The molecule has 30 heavy (non-hydrogen) atoms. The summed E-state index contributed by atoms with van der Waals surface area (Å²) in [6.07, 6.45) is 2.41. The molecular formula is C25H24N4O. The number of anilines is 1. The summed E-state index contributed by atoms with van der Waals surface area (Å²) in [4.78, 5) is 19.7. The zero-order chi connectivity index (χ0) is 20.9. The van der Waals surface area contributed by atoms with Gasteiger partial charge in [0.25, 0.3) is 5.91 Å². The molecule has 0 atom stereocenters. The maximum Gasteiger partial charge on any atom is 0.259 e. The van der Waals surface area contributed by atoms with Crippen molar-refractivity contribution in [3.8, 4) is 5.82 Å². The molecule has 0 aliphatic rings. The Bertz CT molecular complexity index is 1120. The fraction of sp³-hybridized carbons (Fsp3) is 0.160. The molecule has 0 bridgehead atoms. The van der Waals surface area contributed by atoms with Crippen LogP contribution in [0, 0.1) is 13.8 Å². The summed E-state index contributed by atoms with van der Waals surface area (Å²) >= 11 is 0. The van der Waals surface area contributed by atoms with Gasteiger partial charge in [0, 0.05) is 24.1 Å². The highest BCUT2D eigenvalue weighted by Gasteiger charge is 2.18. The highest BCUT2D eigenvalue weighted by molar-refractivity contribution is 6.06. The summed E-state index contributed by atoms with van der Waals surface area (Å²) in [6, 6.07) is 25.6. The molecule has 0 fully saturated rings. The number of para-hydroxylation sites is 1. The molecule has 1 amide bonds. The molecule has 2 aromatic carbocycles. The summed E-state index contributed by atoms with van der Waals surface area (Å²) in [5.74, 6) is 0.636. The van der Waals surface area contributed by atoms with Crippen molar-refractivity contribution >= 4 is 11.6 Å². The molecule has 2 heterocycles. The van der Waals surface area contributed by atoms with Gasteiger partial charge in [-0.2, -0.15) is 5.10 Å². The van der Waals surface area contributed by atoms with Crippen LogP contribution in [0.2, 0.25) is 0 Å². The van der Waals surface area contributed by atoms with Crippen molar-refractivity contribution < 1.29 is 4.79 Å². The molecule has 150 valence electrons. The number of carbonyl (C=O) groups excluding carboxylic acids is 1. The van der Waals surface area contributed by atoms with Crippen molar-refractivity contribution in [1.29, 1.82) is 0 Å². The second kappa shape index (κ2) is 8.74. The molecule has 2 aromatic heterocycles. The Hall–Kier alpha value is -3.73. The van der Waals surface area contributed by atoms with Crippen LogP contribution < -0.4 is 4.90 Å². The van der Waals surface area contributed by atoms with Crippen LogP contribution in [-0.4, -0.2) is 27.2 Å². The van der Waals surface area contributed by atoms with E-state index in [-0.39, 0.29) is 5.91 Å². The monoisotopic (exact) mass is 396 g/mol. The third kappa shape index (κ3) is 4.30. The molecule has 0 radical (unpaired) electrons. The van der Waals surface area contributed by atoms with Crippen molar-refractivity contribution in [3.05, 3.63) is 108 Å². The minimum atomic E-state index is -0.0652. The predicted octanol–water partition coefficient (Wildman–Crippen LogP) is 4.77. The van der Waals surface area contributed by atoms with Crippen LogP contribution in [0.15, 0.2) is 85.1 Å². The Balaban J connectivity index is 1.58. The van der Waals surface area contributed by atoms with E-state index in [0.29, 0.717) is 17.9 Å². The minimum absolute atomic E-state index is 0.0652. The topological polar surface area (TPSA) is 51.0 Å². The molecule has 4 rings (SSSR count). The lowest BCUT2D eigenvalue weighted by Gasteiger charge is -2.23. The molecule has 5 nitrogen and oxygen atoms in total. The second-order valence-electron chi connectivity index (χ2n) is 7.27. The van der Waals surface area contributed by atoms with Crippen LogP contribution in [0.1, 0.15) is 27.3 Å². The van der Waals surface area contributed by atoms with Gasteiger partial charge < -0.3 is 4.90 Å². The Morgan fingerprint density at radius 3 is 2.23 bits per heavy atom. The van der Waals surface area contributed by atoms with Gasteiger partial charge in [0.05, 0.1) is 11.3 Å². The molecule has 4 aromatic rings. The van der Waals surface area contributed by atoms with Crippen LogP contribution in [0.25, 0.3) is 5.82 Å². The Morgan fingerprint density at radius 1 is 0.933 bits per heavy atom. The van der Waals surface area contributed by atoms with Crippen LogP contribution in [0.5, 0.6) is 0 Å². The number of amides is 1. The molecule has 0 aliphatic carbocycles. The fourth-order valence-corrected chi connectivity index (χ4v) is 3.50. The maximum atomic E-state index is 13.3. The smallest absolute Gasteiger partial charge is 0.259 e. The number of nitrogens with zero attached hydrogens (tertiary/aromatic N) is 4. The average Bonchev–Trinajstić information content (AvgIpc) is 3.13. The van der Waals surface area contributed by atoms with Crippen LogP contribution >= 0.6 is 0 Å². The average molecular weight is 396 g/mol. The number of hydrogen-bond donors (Lipinski definition) is 0. The van der Waals surface area contributed by atoms with E-state index in [0.717, 1.165) is 23.5 Å². The third-order valence-corrected chi connectivity index (χ3v) is 5.00. The van der Waals surface area contributed by atoms with Crippen LogP contribution in [-0.2, 0) is 6.42 Å². The first-order valence-electron chi connectivity index (χ1n) is 10.0. The van der Waals surface area contributed by atoms with E-state index >= 15 is 0 Å². The molecule has 0 unspecified atom stereocenters. The van der Waals surface area contributed by atoms with E-state index in [1.165, 1.54) is 5.56 Å². The standard InChI is InChI=1S/C25H24N4O/c1-19-17-20(2)29(27-19)24-14-13-22(18-26-24)25(30)28(23-11-7-4-8-12-23)16-15-21-9-5-3-6-10-21/h3-14,17-18H,15-16H2,1-2H3. The molecule has 0 spiro atoms. The van der Waals surface area contributed by atoms with Crippen molar-refractivity contribution in [2.24, 2.45) is 0 Å². The first-order chi connectivity index (χ1) is 14.6. The Labute approximate surface area is 176 Å². The zero-order valence-electron chi connectivity index (χ0n) is 17.2. The third-order valence-electron chi connectivity index (χ3n) is 5.00. The minimum Gasteiger partial charge on any atom is -0.308 e. The van der Waals surface area contributed by atoms with Crippen LogP contribution in [0.3, 0.4) is 0 Å². The van der Waals surface area contributed by atoms with E-state index in [2.05, 4.69) is 22.2 Å². The van der Waals surface area contributed by atoms with Gasteiger partial charge in [-0.1, -0.05) is 48.5 Å². The van der Waals surface area contributed by atoms with Gasteiger partial charge in [-0.15, -0.1) is 0 Å². The number of pyridine rings is 1. The van der Waals surface area contributed by atoms with Crippen molar-refractivity contribution in [3.63, 3.8) is 0 Å². The molecule has 0 saturated heterocycles. The molecule has 5 heteroatoms. The lowest BCUT2D eigenvalue weighted by molar-refractivity contribution is 0.0987. The van der Waals surface area contributed by atoms with Crippen molar-refractivity contribution in [2.75, 3.05) is 11.4 Å². The van der Waals surface area contributed by atoms with Gasteiger partial charge in [-0.05, 0) is 56.2 Å². The normalized spacial score (nSPS) is 10.7. The van der Waals surface area contributed by atoms with Gasteiger partial charge in [0.1, 0.15) is 0 Å². The highest BCUT2D eigenvalue weighted by atomic mass is 16.2. The summed E-state index contributed by atoms with van der Waals surface area (Å²) in [7, 11) is 0. The molecule has 0 saturated carbocycles. The summed E-state index contributed by atoms with van der Waals surface area (Å²) < 4.78 is 1.79. The number of rotatable bonds is 6. The van der Waals surface area contributed by atoms with Crippen LogP contribution in [0.4, 0.5) is 5.69 Å². The number of aryl methyl sites for hydroxylation is 2. The lowest BCUT2D eigenvalue weighted by atomic mass is 10.1. The lowest BCUT2D eigenvalue weighted by Crippen LogP contribution is -2.33. The summed E-state index contributed by atoms with van der Waals surface area (Å²) in [6.45, 7) is 4.53. The number of benzene rings is 2. The van der Waals surface area contributed by atoms with E-state index in [9.17, 15) is 4.79 Å². The molecule has 0 N–H and O–H groups in total. The Kier molecular flexibility index (Phi) is 5.70. The zero-order valence-corrected chi connectivity index (χ0v) is 17.2. The first-order valence-corrected chi connectivity index (χ1v) is 10.0. The highest BCUT2D eigenvalue weighted by Crippen LogP contribution is 2.19. The quantitative estimate of drug-likeness (QED) is 0.472. The maximum absolute atomic E-state index is 13.3. The number of carbonyl (C=O) groups is 1. The molecular weight excluding hydrogens is 372 g/mol. The largest absolute Gasteiger partial charge is 0.308 e. The van der Waals surface area contributed by atoms with Gasteiger partial charge in [0.2, 0.25) is 0 Å². The SMILES string of the molecule is Cc1cc(C)n(-c2ccc(C(=O)N(CCc3ccccc3)c3ccccc3)cn2)n1. The number of hydrogen-bond acceptors (Lipinski definition) is 3. The van der Waals surface area contributed by atoms with E-state index in [1.807, 2.05) is 85.5 Å².